The third kappa shape index (κ3) is 3.29. The van der Waals surface area contributed by atoms with Crippen LogP contribution >= 0.6 is 11.6 Å². The topological polar surface area (TPSA) is 29.1 Å². The average Bonchev–Trinajstić information content (AvgIpc) is 2.28. The van der Waals surface area contributed by atoms with Gasteiger partial charge in [0.1, 0.15) is 0 Å². The van der Waals surface area contributed by atoms with Crippen molar-refractivity contribution in [3.05, 3.63) is 34.3 Å². The number of nitrogens with one attached hydrogen (secondary N) is 1. The van der Waals surface area contributed by atoms with Gasteiger partial charge in [-0.2, -0.15) is 0 Å². The van der Waals surface area contributed by atoms with Gasteiger partial charge in [-0.3, -0.25) is 4.79 Å². The van der Waals surface area contributed by atoms with Gasteiger partial charge < -0.3 is 5.32 Å². The van der Waals surface area contributed by atoms with Crippen LogP contribution in [0.5, 0.6) is 0 Å². The molecule has 0 saturated heterocycles. The van der Waals surface area contributed by atoms with E-state index >= 15 is 0 Å². The van der Waals surface area contributed by atoms with Gasteiger partial charge in [-0.15, -0.1) is 11.8 Å². The van der Waals surface area contributed by atoms with E-state index in [2.05, 4.69) is 17.2 Å². The second kappa shape index (κ2) is 6.19. The van der Waals surface area contributed by atoms with Gasteiger partial charge in [-0.1, -0.05) is 23.7 Å². The molecule has 0 aliphatic carbocycles. The fraction of sp³-hybridized carbons (Fsp3) is 0.308. The summed E-state index contributed by atoms with van der Waals surface area (Å²) in [5, 5.41) is 3.29. The first-order valence-corrected chi connectivity index (χ1v) is 5.47. The van der Waals surface area contributed by atoms with Crippen LogP contribution in [0.3, 0.4) is 0 Å². The summed E-state index contributed by atoms with van der Waals surface area (Å²) in [6.45, 7) is 4.20. The lowest BCUT2D eigenvalue weighted by atomic mass is 10.1. The monoisotopic (exact) mass is 235 g/mol. The molecule has 0 aromatic heterocycles. The van der Waals surface area contributed by atoms with E-state index in [0.29, 0.717) is 23.6 Å². The number of hydrogen-bond donors (Lipinski definition) is 1. The molecule has 1 N–H and O–H groups in total. The minimum atomic E-state index is -0.147. The number of aryl methyl sites for hydroxylation is 1. The molecule has 0 aliphatic rings. The Hall–Kier alpha value is -1.46. The quantitative estimate of drug-likeness (QED) is 0.634. The van der Waals surface area contributed by atoms with Crippen molar-refractivity contribution in [2.75, 3.05) is 6.54 Å². The van der Waals surface area contributed by atoms with E-state index in [1.54, 1.807) is 13.0 Å². The van der Waals surface area contributed by atoms with Crippen LogP contribution in [-0.4, -0.2) is 12.5 Å². The van der Waals surface area contributed by atoms with Gasteiger partial charge in [0.05, 0.1) is 10.6 Å². The van der Waals surface area contributed by atoms with Crippen molar-refractivity contribution in [3.63, 3.8) is 0 Å². The van der Waals surface area contributed by atoms with Crippen molar-refractivity contribution in [2.45, 2.75) is 20.3 Å². The first kappa shape index (κ1) is 12.6. The van der Waals surface area contributed by atoms with Crippen LogP contribution in [0.2, 0.25) is 5.02 Å². The number of amides is 1. The van der Waals surface area contributed by atoms with Crippen LogP contribution in [0.15, 0.2) is 18.2 Å². The molecule has 0 bridgehead atoms. The molecular weight excluding hydrogens is 222 g/mol. The lowest BCUT2D eigenvalue weighted by molar-refractivity contribution is 0.0954. The number of carbonyl (C=O) groups excluding carboxylic acids is 1. The van der Waals surface area contributed by atoms with Gasteiger partial charge in [-0.25, -0.2) is 0 Å². The van der Waals surface area contributed by atoms with Crippen molar-refractivity contribution in [1.82, 2.24) is 5.32 Å². The summed E-state index contributed by atoms with van der Waals surface area (Å²) in [5.74, 6) is 5.51. The molecule has 0 heterocycles. The van der Waals surface area contributed by atoms with Gasteiger partial charge in [0.25, 0.3) is 5.91 Å². The van der Waals surface area contributed by atoms with Crippen molar-refractivity contribution < 1.29 is 4.79 Å². The van der Waals surface area contributed by atoms with Crippen LogP contribution in [-0.2, 0) is 0 Å². The molecule has 0 fully saturated rings. The largest absolute Gasteiger partial charge is 0.351 e. The van der Waals surface area contributed by atoms with Gasteiger partial charge in [0.2, 0.25) is 0 Å². The molecule has 16 heavy (non-hydrogen) atoms. The van der Waals surface area contributed by atoms with Crippen LogP contribution < -0.4 is 5.32 Å². The van der Waals surface area contributed by atoms with E-state index in [-0.39, 0.29) is 5.91 Å². The normalized spacial score (nSPS) is 9.19. The molecule has 84 valence electrons. The number of rotatable bonds is 3. The lowest BCUT2D eigenvalue weighted by Crippen LogP contribution is -2.24. The standard InChI is InChI=1S/C13H14ClNO/c1-3-4-5-9-15-13(16)11-8-6-7-10(2)12(11)14/h6-8H,5,9H2,1-2H3,(H,15,16). The molecule has 0 spiro atoms. The summed E-state index contributed by atoms with van der Waals surface area (Å²) in [5.41, 5.74) is 1.42. The molecule has 3 heteroatoms. The van der Waals surface area contributed by atoms with E-state index in [0.717, 1.165) is 5.56 Å². The van der Waals surface area contributed by atoms with Crippen molar-refractivity contribution in [2.24, 2.45) is 0 Å². The Bertz CT molecular complexity index is 443. The Kier molecular flexibility index (Phi) is 4.88. The van der Waals surface area contributed by atoms with Crippen LogP contribution in [0.25, 0.3) is 0 Å². The number of carbonyl (C=O) groups is 1. The van der Waals surface area contributed by atoms with E-state index in [1.807, 2.05) is 19.1 Å². The summed E-state index contributed by atoms with van der Waals surface area (Å²) in [6.07, 6.45) is 0.658. The zero-order valence-corrected chi connectivity index (χ0v) is 10.2. The summed E-state index contributed by atoms with van der Waals surface area (Å²) >= 11 is 6.04. The van der Waals surface area contributed by atoms with Gasteiger partial charge in [-0.05, 0) is 25.5 Å². The molecule has 1 amide bonds. The highest BCUT2D eigenvalue weighted by Crippen LogP contribution is 2.19. The third-order valence-electron chi connectivity index (χ3n) is 2.15. The number of benzene rings is 1. The molecule has 1 aromatic rings. The maximum absolute atomic E-state index is 11.7. The molecule has 0 unspecified atom stereocenters. The lowest BCUT2D eigenvalue weighted by Gasteiger charge is -2.06. The second-order valence-corrected chi connectivity index (χ2v) is 3.75. The molecular formula is C13H14ClNO. The zero-order chi connectivity index (χ0) is 12.0. The van der Waals surface area contributed by atoms with Gasteiger partial charge in [0, 0.05) is 13.0 Å². The van der Waals surface area contributed by atoms with Crippen LogP contribution in [0.1, 0.15) is 29.3 Å². The summed E-state index contributed by atoms with van der Waals surface area (Å²) in [6, 6.07) is 5.42. The summed E-state index contributed by atoms with van der Waals surface area (Å²) < 4.78 is 0. The minimum Gasteiger partial charge on any atom is -0.351 e. The molecule has 0 atom stereocenters. The second-order valence-electron chi connectivity index (χ2n) is 3.37. The van der Waals surface area contributed by atoms with E-state index in [9.17, 15) is 4.79 Å². The fourth-order valence-electron chi connectivity index (χ4n) is 1.28. The Labute approximate surface area is 101 Å². The Morgan fingerprint density at radius 2 is 2.25 bits per heavy atom. The molecule has 0 aliphatic heterocycles. The molecule has 2 nitrogen and oxygen atoms in total. The fourth-order valence-corrected chi connectivity index (χ4v) is 1.49. The SMILES string of the molecule is CC#CCCNC(=O)c1cccc(C)c1Cl. The highest BCUT2D eigenvalue weighted by atomic mass is 35.5. The Morgan fingerprint density at radius 3 is 2.94 bits per heavy atom. The smallest absolute Gasteiger partial charge is 0.252 e. The van der Waals surface area contributed by atoms with E-state index in [4.69, 9.17) is 11.6 Å². The van der Waals surface area contributed by atoms with E-state index in [1.165, 1.54) is 0 Å². The molecule has 0 saturated carbocycles. The van der Waals surface area contributed by atoms with Crippen molar-refractivity contribution in [3.8, 4) is 11.8 Å². The maximum atomic E-state index is 11.7. The Balaban J connectivity index is 2.65. The van der Waals surface area contributed by atoms with Crippen molar-refractivity contribution in [1.29, 1.82) is 0 Å². The highest BCUT2D eigenvalue weighted by Gasteiger charge is 2.10. The minimum absolute atomic E-state index is 0.147. The van der Waals surface area contributed by atoms with Gasteiger partial charge >= 0.3 is 0 Å². The van der Waals surface area contributed by atoms with Crippen LogP contribution in [0, 0.1) is 18.8 Å². The first-order chi connectivity index (χ1) is 7.66. The molecule has 0 radical (unpaired) electrons. The highest BCUT2D eigenvalue weighted by molar-refractivity contribution is 6.34. The van der Waals surface area contributed by atoms with E-state index < -0.39 is 0 Å². The summed E-state index contributed by atoms with van der Waals surface area (Å²) in [4.78, 5) is 11.7. The maximum Gasteiger partial charge on any atom is 0.252 e. The average molecular weight is 236 g/mol. The van der Waals surface area contributed by atoms with Gasteiger partial charge in [0.15, 0.2) is 0 Å². The first-order valence-electron chi connectivity index (χ1n) is 5.09. The molecule has 1 aromatic carbocycles. The van der Waals surface area contributed by atoms with Crippen LogP contribution in [0.4, 0.5) is 0 Å². The summed E-state index contributed by atoms with van der Waals surface area (Å²) in [7, 11) is 0. The molecule has 1 rings (SSSR count). The number of halogens is 1. The van der Waals surface area contributed by atoms with Crippen molar-refractivity contribution >= 4 is 17.5 Å². The number of hydrogen-bond acceptors (Lipinski definition) is 1. The Morgan fingerprint density at radius 1 is 1.50 bits per heavy atom. The third-order valence-corrected chi connectivity index (χ3v) is 2.65. The predicted octanol–water partition coefficient (Wildman–Crippen LogP) is 2.79. The predicted molar refractivity (Wildman–Crippen MR) is 66.6 cm³/mol. The zero-order valence-electron chi connectivity index (χ0n) is 9.43.